The molecule has 0 aliphatic carbocycles. The molecule has 2 aromatic heterocycles. The van der Waals surface area contributed by atoms with Crippen LogP contribution in [-0.4, -0.2) is 10.2 Å². The van der Waals surface area contributed by atoms with E-state index in [1.54, 1.807) is 18.4 Å². The van der Waals surface area contributed by atoms with Crippen molar-refractivity contribution in [3.8, 4) is 17.4 Å². The molecule has 18 heavy (non-hydrogen) atoms. The predicted octanol–water partition coefficient (Wildman–Crippen LogP) is 2.91. The Hall–Kier alpha value is -2.56. The van der Waals surface area contributed by atoms with Crippen LogP contribution in [0.3, 0.4) is 0 Å². The Balaban J connectivity index is 1.68. The minimum absolute atomic E-state index is 0.234. The molecular formula is C13H10N2O3. The van der Waals surface area contributed by atoms with Crippen molar-refractivity contribution in [3.63, 3.8) is 0 Å². The van der Waals surface area contributed by atoms with Crippen LogP contribution in [0.25, 0.3) is 11.7 Å². The Morgan fingerprint density at radius 3 is 2.67 bits per heavy atom. The number of benzene rings is 1. The number of hydrogen-bond donors (Lipinski definition) is 0. The van der Waals surface area contributed by atoms with Gasteiger partial charge in [-0.2, -0.15) is 0 Å². The zero-order chi connectivity index (χ0) is 12.2. The second-order valence-electron chi connectivity index (χ2n) is 3.58. The average molecular weight is 242 g/mol. The highest BCUT2D eigenvalue weighted by molar-refractivity contribution is 5.42. The highest BCUT2D eigenvalue weighted by Crippen LogP contribution is 2.18. The van der Waals surface area contributed by atoms with Crippen LogP contribution < -0.4 is 4.74 Å². The first kappa shape index (κ1) is 10.6. The number of furan rings is 1. The Morgan fingerprint density at radius 2 is 1.89 bits per heavy atom. The summed E-state index contributed by atoms with van der Waals surface area (Å²) in [5, 5.41) is 7.77. The van der Waals surface area contributed by atoms with E-state index in [9.17, 15) is 0 Å². The SMILES string of the molecule is c1ccc(OCc2nnc(-c3ccco3)o2)cc1. The van der Waals surface area contributed by atoms with E-state index < -0.39 is 0 Å². The third kappa shape index (κ3) is 2.24. The zero-order valence-electron chi connectivity index (χ0n) is 9.45. The Kier molecular flexibility index (Phi) is 2.79. The van der Waals surface area contributed by atoms with Crippen LogP contribution >= 0.6 is 0 Å². The summed E-state index contributed by atoms with van der Waals surface area (Å²) < 4.78 is 16.1. The first-order valence-electron chi connectivity index (χ1n) is 5.46. The van der Waals surface area contributed by atoms with Crippen LogP contribution in [0.2, 0.25) is 0 Å². The van der Waals surface area contributed by atoms with Gasteiger partial charge in [0.25, 0.3) is 11.8 Å². The van der Waals surface area contributed by atoms with E-state index in [4.69, 9.17) is 13.6 Å². The van der Waals surface area contributed by atoms with E-state index in [0.29, 0.717) is 17.5 Å². The minimum atomic E-state index is 0.234. The molecular weight excluding hydrogens is 232 g/mol. The summed E-state index contributed by atoms with van der Waals surface area (Å²) in [5.74, 6) is 2.07. The Labute approximate surface area is 103 Å². The van der Waals surface area contributed by atoms with Crippen molar-refractivity contribution in [3.05, 3.63) is 54.6 Å². The van der Waals surface area contributed by atoms with Gasteiger partial charge >= 0.3 is 0 Å². The van der Waals surface area contributed by atoms with Crippen LogP contribution in [0.15, 0.2) is 57.6 Å². The zero-order valence-corrected chi connectivity index (χ0v) is 9.45. The van der Waals surface area contributed by atoms with Crippen molar-refractivity contribution in [1.82, 2.24) is 10.2 Å². The number of rotatable bonds is 4. The normalized spacial score (nSPS) is 10.4. The van der Waals surface area contributed by atoms with Crippen molar-refractivity contribution in [2.45, 2.75) is 6.61 Å². The molecule has 2 heterocycles. The summed E-state index contributed by atoms with van der Waals surface area (Å²) in [4.78, 5) is 0. The lowest BCUT2D eigenvalue weighted by molar-refractivity contribution is 0.264. The van der Waals surface area contributed by atoms with E-state index in [1.807, 2.05) is 30.3 Å². The minimum Gasteiger partial charge on any atom is -0.484 e. The largest absolute Gasteiger partial charge is 0.484 e. The van der Waals surface area contributed by atoms with Gasteiger partial charge in [0.1, 0.15) is 5.75 Å². The van der Waals surface area contributed by atoms with Crippen LogP contribution in [0.1, 0.15) is 5.89 Å². The molecule has 0 bridgehead atoms. The summed E-state index contributed by atoms with van der Waals surface area (Å²) in [6.45, 7) is 0.234. The maximum Gasteiger partial charge on any atom is 0.283 e. The van der Waals surface area contributed by atoms with Crippen LogP contribution in [0.4, 0.5) is 0 Å². The van der Waals surface area contributed by atoms with E-state index in [1.165, 1.54) is 0 Å². The molecule has 0 spiro atoms. The lowest BCUT2D eigenvalue weighted by atomic mass is 10.3. The van der Waals surface area contributed by atoms with Gasteiger partial charge in [0.2, 0.25) is 0 Å². The van der Waals surface area contributed by atoms with Crippen LogP contribution in [0, 0.1) is 0 Å². The summed E-state index contributed by atoms with van der Waals surface area (Å²) in [5.41, 5.74) is 0. The number of nitrogens with zero attached hydrogens (tertiary/aromatic N) is 2. The fourth-order valence-electron chi connectivity index (χ4n) is 1.47. The van der Waals surface area contributed by atoms with E-state index in [0.717, 1.165) is 5.75 Å². The Bertz CT molecular complexity index is 602. The number of para-hydroxylation sites is 1. The molecule has 90 valence electrons. The van der Waals surface area contributed by atoms with Gasteiger partial charge < -0.3 is 13.6 Å². The molecule has 0 N–H and O–H groups in total. The summed E-state index contributed by atoms with van der Waals surface area (Å²) in [6, 6.07) is 13.0. The van der Waals surface area contributed by atoms with E-state index >= 15 is 0 Å². The molecule has 0 aliphatic rings. The van der Waals surface area contributed by atoms with Gasteiger partial charge in [0, 0.05) is 0 Å². The molecule has 0 unspecified atom stereocenters. The van der Waals surface area contributed by atoms with Gasteiger partial charge in [-0.15, -0.1) is 10.2 Å². The van der Waals surface area contributed by atoms with Crippen molar-refractivity contribution < 1.29 is 13.6 Å². The average Bonchev–Trinajstić information content (AvgIpc) is 3.08. The summed E-state index contributed by atoms with van der Waals surface area (Å²) in [6.07, 6.45) is 1.56. The highest BCUT2D eigenvalue weighted by Gasteiger charge is 2.10. The molecule has 3 rings (SSSR count). The van der Waals surface area contributed by atoms with Gasteiger partial charge in [-0.05, 0) is 24.3 Å². The van der Waals surface area contributed by atoms with Gasteiger partial charge in [0.05, 0.1) is 6.26 Å². The molecule has 0 fully saturated rings. The smallest absolute Gasteiger partial charge is 0.283 e. The molecule has 0 saturated heterocycles. The van der Waals surface area contributed by atoms with Crippen molar-refractivity contribution in [2.24, 2.45) is 0 Å². The van der Waals surface area contributed by atoms with Gasteiger partial charge in [0.15, 0.2) is 12.4 Å². The number of ether oxygens (including phenoxy) is 1. The second kappa shape index (κ2) is 4.75. The van der Waals surface area contributed by atoms with Gasteiger partial charge in [-0.1, -0.05) is 18.2 Å². The molecule has 5 heteroatoms. The molecule has 3 aromatic rings. The van der Waals surface area contributed by atoms with E-state index in [2.05, 4.69) is 10.2 Å². The summed E-state index contributed by atoms with van der Waals surface area (Å²) >= 11 is 0. The fraction of sp³-hybridized carbons (Fsp3) is 0.0769. The lowest BCUT2D eigenvalue weighted by Gasteiger charge is -2.01. The first-order valence-corrected chi connectivity index (χ1v) is 5.46. The standard InChI is InChI=1S/C13H10N2O3/c1-2-5-10(6-3-1)17-9-12-14-15-13(18-12)11-7-4-8-16-11/h1-8H,9H2. The fourth-order valence-corrected chi connectivity index (χ4v) is 1.47. The van der Waals surface area contributed by atoms with Crippen molar-refractivity contribution >= 4 is 0 Å². The maximum atomic E-state index is 5.50. The van der Waals surface area contributed by atoms with Crippen molar-refractivity contribution in [2.75, 3.05) is 0 Å². The quantitative estimate of drug-likeness (QED) is 0.703. The lowest BCUT2D eigenvalue weighted by Crippen LogP contribution is -1.95. The number of aromatic nitrogens is 2. The van der Waals surface area contributed by atoms with Crippen LogP contribution in [-0.2, 0) is 6.61 Å². The van der Waals surface area contributed by atoms with Crippen molar-refractivity contribution in [1.29, 1.82) is 0 Å². The second-order valence-corrected chi connectivity index (χ2v) is 3.58. The first-order chi connectivity index (χ1) is 8.92. The molecule has 0 atom stereocenters. The molecule has 0 saturated carbocycles. The molecule has 0 radical (unpaired) electrons. The topological polar surface area (TPSA) is 61.3 Å². The van der Waals surface area contributed by atoms with E-state index in [-0.39, 0.29) is 6.61 Å². The third-order valence-electron chi connectivity index (χ3n) is 2.30. The molecule has 5 nitrogen and oxygen atoms in total. The molecule has 0 amide bonds. The third-order valence-corrected chi connectivity index (χ3v) is 2.30. The highest BCUT2D eigenvalue weighted by atomic mass is 16.5. The summed E-state index contributed by atoms with van der Waals surface area (Å²) in [7, 11) is 0. The molecule has 1 aromatic carbocycles. The van der Waals surface area contributed by atoms with Gasteiger partial charge in [-0.25, -0.2) is 0 Å². The Morgan fingerprint density at radius 1 is 1.00 bits per heavy atom. The number of hydrogen-bond acceptors (Lipinski definition) is 5. The maximum absolute atomic E-state index is 5.50. The molecule has 0 aliphatic heterocycles. The predicted molar refractivity (Wildman–Crippen MR) is 62.8 cm³/mol. The van der Waals surface area contributed by atoms with Gasteiger partial charge in [-0.3, -0.25) is 0 Å². The monoisotopic (exact) mass is 242 g/mol. The van der Waals surface area contributed by atoms with Crippen LogP contribution in [0.5, 0.6) is 5.75 Å².